The summed E-state index contributed by atoms with van der Waals surface area (Å²) >= 11 is 0. The largest absolute Gasteiger partial charge is 0.355 e. The second-order valence-electron chi connectivity index (χ2n) is 2.99. The van der Waals surface area contributed by atoms with Crippen molar-refractivity contribution in [3.8, 4) is 0 Å². The van der Waals surface area contributed by atoms with Gasteiger partial charge in [-0.2, -0.15) is 0 Å². The fourth-order valence-electron chi connectivity index (χ4n) is 0.814. The molecule has 0 spiro atoms. The third-order valence-corrected chi connectivity index (χ3v) is 1.53. The quantitative estimate of drug-likeness (QED) is 0.396. The minimum absolute atomic E-state index is 0.167. The van der Waals surface area contributed by atoms with Crippen molar-refractivity contribution < 1.29 is 14.4 Å². The van der Waals surface area contributed by atoms with E-state index in [2.05, 4.69) is 16.0 Å². The van der Waals surface area contributed by atoms with Crippen molar-refractivity contribution in [2.75, 3.05) is 19.6 Å². The highest BCUT2D eigenvalue weighted by atomic mass is 16.2. The van der Waals surface area contributed by atoms with Gasteiger partial charge in [-0.15, -0.1) is 0 Å². The van der Waals surface area contributed by atoms with E-state index in [0.29, 0.717) is 13.1 Å². The predicted octanol–water partition coefficient (Wildman–Crippen LogP) is -1.24. The van der Waals surface area contributed by atoms with E-state index < -0.39 is 11.8 Å². The van der Waals surface area contributed by atoms with Crippen molar-refractivity contribution in [1.29, 1.82) is 0 Å². The molecule has 0 rings (SSSR count). The lowest BCUT2D eigenvalue weighted by molar-refractivity contribution is -0.139. The van der Waals surface area contributed by atoms with Crippen molar-refractivity contribution in [2.45, 2.75) is 20.3 Å². The molecule has 0 aliphatic heterocycles. The zero-order chi connectivity index (χ0) is 11.7. The second kappa shape index (κ2) is 7.78. The van der Waals surface area contributed by atoms with E-state index in [0.717, 1.165) is 6.42 Å². The Labute approximate surface area is 88.8 Å². The molecular weight excluding hydrogens is 198 g/mol. The minimum atomic E-state index is -0.672. The summed E-state index contributed by atoms with van der Waals surface area (Å²) in [7, 11) is 0. The summed E-state index contributed by atoms with van der Waals surface area (Å²) in [6.45, 7) is 4.34. The second-order valence-corrected chi connectivity index (χ2v) is 2.99. The van der Waals surface area contributed by atoms with Gasteiger partial charge in [0.2, 0.25) is 5.91 Å². The third-order valence-electron chi connectivity index (χ3n) is 1.53. The number of rotatable bonds is 5. The van der Waals surface area contributed by atoms with Gasteiger partial charge in [0.1, 0.15) is 0 Å². The molecule has 86 valence electrons. The van der Waals surface area contributed by atoms with Crippen LogP contribution in [0.5, 0.6) is 0 Å². The first-order chi connectivity index (χ1) is 7.07. The molecular formula is C9H17N3O3. The van der Waals surface area contributed by atoms with Gasteiger partial charge >= 0.3 is 11.8 Å². The van der Waals surface area contributed by atoms with E-state index in [1.54, 1.807) is 0 Å². The summed E-state index contributed by atoms with van der Waals surface area (Å²) in [5.41, 5.74) is 0. The topological polar surface area (TPSA) is 87.3 Å². The van der Waals surface area contributed by atoms with Crippen LogP contribution in [-0.4, -0.2) is 37.4 Å². The van der Waals surface area contributed by atoms with Gasteiger partial charge in [-0.25, -0.2) is 0 Å². The molecule has 0 radical (unpaired) electrons. The van der Waals surface area contributed by atoms with Crippen LogP contribution < -0.4 is 16.0 Å². The van der Waals surface area contributed by atoms with Gasteiger partial charge in [0.15, 0.2) is 0 Å². The van der Waals surface area contributed by atoms with Crippen molar-refractivity contribution in [3.05, 3.63) is 0 Å². The molecule has 0 heterocycles. The van der Waals surface area contributed by atoms with Crippen LogP contribution in [0.2, 0.25) is 0 Å². The summed E-state index contributed by atoms with van der Waals surface area (Å²) in [5.74, 6) is -1.48. The standard InChI is InChI=1S/C9H17N3O3/c1-3-4-11-8(14)9(15)12-6-5-10-7(2)13/h3-6H2,1-2H3,(H,10,13)(H,11,14)(H,12,15). The Hall–Kier alpha value is -1.59. The fourth-order valence-corrected chi connectivity index (χ4v) is 0.814. The molecule has 0 unspecified atom stereocenters. The van der Waals surface area contributed by atoms with Crippen molar-refractivity contribution in [3.63, 3.8) is 0 Å². The molecule has 0 aliphatic rings. The molecule has 0 atom stereocenters. The SMILES string of the molecule is CCCNC(=O)C(=O)NCCNC(C)=O. The molecule has 0 aromatic rings. The maximum Gasteiger partial charge on any atom is 0.309 e. The van der Waals surface area contributed by atoms with Gasteiger partial charge in [-0.3, -0.25) is 14.4 Å². The molecule has 3 amide bonds. The lowest BCUT2D eigenvalue weighted by atomic mass is 10.4. The van der Waals surface area contributed by atoms with E-state index in [4.69, 9.17) is 0 Å². The zero-order valence-corrected chi connectivity index (χ0v) is 9.05. The minimum Gasteiger partial charge on any atom is -0.355 e. The highest BCUT2D eigenvalue weighted by Crippen LogP contribution is 1.73. The van der Waals surface area contributed by atoms with Gasteiger partial charge in [-0.05, 0) is 6.42 Å². The van der Waals surface area contributed by atoms with E-state index >= 15 is 0 Å². The van der Waals surface area contributed by atoms with Crippen LogP contribution in [0.25, 0.3) is 0 Å². The monoisotopic (exact) mass is 215 g/mol. The maximum absolute atomic E-state index is 11.1. The number of hydrogen-bond donors (Lipinski definition) is 3. The van der Waals surface area contributed by atoms with Gasteiger partial charge < -0.3 is 16.0 Å². The van der Waals surface area contributed by atoms with Crippen LogP contribution in [0.15, 0.2) is 0 Å². The van der Waals surface area contributed by atoms with Crippen LogP contribution in [0.3, 0.4) is 0 Å². The predicted molar refractivity (Wildman–Crippen MR) is 55.0 cm³/mol. The summed E-state index contributed by atoms with van der Waals surface area (Å²) in [5, 5.41) is 7.32. The van der Waals surface area contributed by atoms with E-state index in [1.807, 2.05) is 6.92 Å². The first-order valence-corrected chi connectivity index (χ1v) is 4.88. The first kappa shape index (κ1) is 13.4. The lowest BCUT2D eigenvalue weighted by Gasteiger charge is -2.05. The Bertz CT molecular complexity index is 241. The number of carbonyl (C=O) groups is 3. The first-order valence-electron chi connectivity index (χ1n) is 4.88. The zero-order valence-electron chi connectivity index (χ0n) is 9.05. The normalized spacial score (nSPS) is 9.20. The van der Waals surface area contributed by atoms with E-state index in [9.17, 15) is 14.4 Å². The smallest absolute Gasteiger partial charge is 0.309 e. The van der Waals surface area contributed by atoms with Gasteiger partial charge in [0.25, 0.3) is 0 Å². The van der Waals surface area contributed by atoms with E-state index in [1.165, 1.54) is 6.92 Å². The number of hydrogen-bond acceptors (Lipinski definition) is 3. The van der Waals surface area contributed by atoms with Crippen molar-refractivity contribution in [2.24, 2.45) is 0 Å². The maximum atomic E-state index is 11.1. The Morgan fingerprint density at radius 1 is 0.867 bits per heavy atom. The van der Waals surface area contributed by atoms with Crippen molar-refractivity contribution >= 4 is 17.7 Å². The highest BCUT2D eigenvalue weighted by molar-refractivity contribution is 6.35. The molecule has 3 N–H and O–H groups in total. The molecule has 6 nitrogen and oxygen atoms in total. The Balaban J connectivity index is 3.55. The Kier molecular flexibility index (Phi) is 6.96. The van der Waals surface area contributed by atoms with Crippen LogP contribution in [-0.2, 0) is 14.4 Å². The van der Waals surface area contributed by atoms with Crippen molar-refractivity contribution in [1.82, 2.24) is 16.0 Å². The van der Waals surface area contributed by atoms with Crippen LogP contribution in [0.1, 0.15) is 20.3 Å². The molecule has 0 saturated carbocycles. The lowest BCUT2D eigenvalue weighted by Crippen LogP contribution is -2.42. The van der Waals surface area contributed by atoms with Gasteiger partial charge in [-0.1, -0.05) is 6.92 Å². The summed E-state index contributed by atoms with van der Waals surface area (Å²) in [4.78, 5) is 32.5. The van der Waals surface area contributed by atoms with Crippen LogP contribution in [0, 0.1) is 0 Å². The van der Waals surface area contributed by atoms with E-state index in [-0.39, 0.29) is 12.5 Å². The average molecular weight is 215 g/mol. The molecule has 6 heteroatoms. The summed E-state index contributed by atoms with van der Waals surface area (Å²) < 4.78 is 0. The van der Waals surface area contributed by atoms with Gasteiger partial charge in [0.05, 0.1) is 0 Å². The number of nitrogens with one attached hydrogen (secondary N) is 3. The van der Waals surface area contributed by atoms with Crippen LogP contribution in [0.4, 0.5) is 0 Å². The van der Waals surface area contributed by atoms with Gasteiger partial charge in [0, 0.05) is 26.6 Å². The average Bonchev–Trinajstić information content (AvgIpc) is 2.20. The Morgan fingerprint density at radius 2 is 1.33 bits per heavy atom. The molecule has 0 aromatic heterocycles. The summed E-state index contributed by atoms with van der Waals surface area (Å²) in [6, 6.07) is 0. The number of amides is 3. The molecule has 0 fully saturated rings. The molecule has 0 aromatic carbocycles. The molecule has 15 heavy (non-hydrogen) atoms. The third kappa shape index (κ3) is 7.48. The molecule has 0 saturated heterocycles. The molecule has 0 bridgehead atoms. The van der Waals surface area contributed by atoms with Crippen LogP contribution >= 0.6 is 0 Å². The highest BCUT2D eigenvalue weighted by Gasteiger charge is 2.10. The Morgan fingerprint density at radius 3 is 1.80 bits per heavy atom. The fraction of sp³-hybridized carbons (Fsp3) is 0.667. The molecule has 0 aliphatic carbocycles. The summed E-state index contributed by atoms with van der Waals surface area (Å²) in [6.07, 6.45) is 0.783. The number of carbonyl (C=O) groups excluding carboxylic acids is 3.